The monoisotopic (exact) mass is 257 g/mol. The highest BCUT2D eigenvalue weighted by Crippen LogP contribution is 2.20. The van der Waals surface area contributed by atoms with Gasteiger partial charge in [-0.2, -0.15) is 0 Å². The number of anilines is 2. The second kappa shape index (κ2) is 5.45. The minimum Gasteiger partial charge on any atom is -0.320 e. The number of hydrogen-bond donors (Lipinski definition) is 3. The second-order valence-corrected chi connectivity index (χ2v) is 4.15. The summed E-state index contributed by atoms with van der Waals surface area (Å²) in [4.78, 5) is 20.0. The van der Waals surface area contributed by atoms with Gasteiger partial charge in [0.1, 0.15) is 5.69 Å². The molecule has 1 aromatic carbocycles. The summed E-state index contributed by atoms with van der Waals surface area (Å²) < 4.78 is 0. The fraction of sp³-hybridized carbons (Fsp3) is 0.154. The maximum Gasteiger partial charge on any atom is 0.275 e. The SMILES string of the molecule is Cc1cccc(C)c1NC(=O)c1cncc(NN)n1. The molecule has 6 heteroatoms. The molecule has 0 bridgehead atoms. The van der Waals surface area contributed by atoms with E-state index in [1.807, 2.05) is 32.0 Å². The van der Waals surface area contributed by atoms with Gasteiger partial charge in [0.25, 0.3) is 5.91 Å². The second-order valence-electron chi connectivity index (χ2n) is 4.15. The first-order chi connectivity index (χ1) is 9.11. The van der Waals surface area contributed by atoms with Crippen molar-refractivity contribution in [3.63, 3.8) is 0 Å². The minimum atomic E-state index is -0.318. The van der Waals surface area contributed by atoms with Gasteiger partial charge in [-0.1, -0.05) is 18.2 Å². The Morgan fingerprint density at radius 3 is 2.53 bits per heavy atom. The maximum absolute atomic E-state index is 12.1. The molecule has 2 rings (SSSR count). The molecule has 19 heavy (non-hydrogen) atoms. The molecule has 1 heterocycles. The van der Waals surface area contributed by atoms with Crippen molar-refractivity contribution >= 4 is 17.4 Å². The van der Waals surface area contributed by atoms with Gasteiger partial charge in [-0.25, -0.2) is 10.8 Å². The molecule has 0 radical (unpaired) electrons. The van der Waals surface area contributed by atoms with Crippen molar-refractivity contribution < 1.29 is 4.79 Å². The van der Waals surface area contributed by atoms with E-state index in [1.165, 1.54) is 12.4 Å². The Kier molecular flexibility index (Phi) is 3.72. The molecular formula is C13H15N5O. The van der Waals surface area contributed by atoms with Crippen molar-refractivity contribution in [2.45, 2.75) is 13.8 Å². The van der Waals surface area contributed by atoms with E-state index < -0.39 is 0 Å². The molecule has 0 unspecified atom stereocenters. The van der Waals surface area contributed by atoms with Crippen LogP contribution in [0, 0.1) is 13.8 Å². The molecule has 2 aromatic rings. The summed E-state index contributed by atoms with van der Waals surface area (Å²) in [6.45, 7) is 3.87. The molecule has 1 aromatic heterocycles. The van der Waals surface area contributed by atoms with Crippen LogP contribution in [-0.2, 0) is 0 Å². The van der Waals surface area contributed by atoms with Crippen LogP contribution < -0.4 is 16.6 Å². The van der Waals surface area contributed by atoms with Crippen molar-refractivity contribution in [3.05, 3.63) is 47.4 Å². The zero-order chi connectivity index (χ0) is 13.8. The fourth-order valence-electron chi connectivity index (χ4n) is 1.73. The minimum absolute atomic E-state index is 0.207. The van der Waals surface area contributed by atoms with Gasteiger partial charge >= 0.3 is 0 Å². The summed E-state index contributed by atoms with van der Waals surface area (Å²) in [5.41, 5.74) is 5.34. The van der Waals surface area contributed by atoms with Crippen LogP contribution in [-0.4, -0.2) is 15.9 Å². The highest BCUT2D eigenvalue weighted by Gasteiger charge is 2.11. The van der Waals surface area contributed by atoms with Crippen molar-refractivity contribution in [1.29, 1.82) is 0 Å². The zero-order valence-corrected chi connectivity index (χ0v) is 10.8. The van der Waals surface area contributed by atoms with Crippen molar-refractivity contribution in [2.24, 2.45) is 5.84 Å². The molecular weight excluding hydrogens is 242 g/mol. The van der Waals surface area contributed by atoms with Crippen LogP contribution in [0.15, 0.2) is 30.6 Å². The summed E-state index contributed by atoms with van der Waals surface area (Å²) in [5, 5.41) is 2.84. The molecule has 4 N–H and O–H groups in total. The first kappa shape index (κ1) is 13.0. The topological polar surface area (TPSA) is 92.9 Å². The molecule has 0 saturated carbocycles. The molecule has 0 saturated heterocycles. The molecule has 0 aliphatic rings. The van der Waals surface area contributed by atoms with Gasteiger partial charge in [0.2, 0.25) is 0 Å². The van der Waals surface area contributed by atoms with Gasteiger partial charge in [0.05, 0.1) is 12.4 Å². The number of hydrazine groups is 1. The molecule has 0 aliphatic carbocycles. The summed E-state index contributed by atoms with van der Waals surface area (Å²) in [7, 11) is 0. The Morgan fingerprint density at radius 1 is 1.21 bits per heavy atom. The highest BCUT2D eigenvalue weighted by molar-refractivity contribution is 6.03. The highest BCUT2D eigenvalue weighted by atomic mass is 16.1. The Hall–Kier alpha value is -2.47. The predicted molar refractivity (Wildman–Crippen MR) is 73.7 cm³/mol. The van der Waals surface area contributed by atoms with E-state index in [1.54, 1.807) is 0 Å². The molecule has 1 amide bonds. The van der Waals surface area contributed by atoms with Gasteiger partial charge in [-0.3, -0.25) is 9.78 Å². The number of benzene rings is 1. The van der Waals surface area contributed by atoms with Gasteiger partial charge in [0, 0.05) is 5.69 Å². The van der Waals surface area contributed by atoms with Crippen LogP contribution in [0.2, 0.25) is 0 Å². The number of nitrogens with zero attached hydrogens (tertiary/aromatic N) is 2. The van der Waals surface area contributed by atoms with Crippen LogP contribution >= 0.6 is 0 Å². The number of aryl methyl sites for hydroxylation is 2. The molecule has 6 nitrogen and oxygen atoms in total. The van der Waals surface area contributed by atoms with Gasteiger partial charge in [-0.05, 0) is 25.0 Å². The van der Waals surface area contributed by atoms with E-state index in [-0.39, 0.29) is 11.6 Å². The van der Waals surface area contributed by atoms with Gasteiger partial charge < -0.3 is 10.7 Å². The van der Waals surface area contributed by atoms with Crippen LogP contribution in [0.3, 0.4) is 0 Å². The van der Waals surface area contributed by atoms with Crippen LogP contribution in [0.25, 0.3) is 0 Å². The van der Waals surface area contributed by atoms with Gasteiger partial charge in [-0.15, -0.1) is 0 Å². The first-order valence-electron chi connectivity index (χ1n) is 5.78. The third-order valence-corrected chi connectivity index (χ3v) is 2.73. The third-order valence-electron chi connectivity index (χ3n) is 2.73. The number of nitrogens with two attached hydrogens (primary N) is 1. The average molecular weight is 257 g/mol. The lowest BCUT2D eigenvalue weighted by molar-refractivity contribution is 0.102. The Labute approximate surface area is 111 Å². The van der Waals surface area contributed by atoms with Crippen LogP contribution in [0.1, 0.15) is 21.6 Å². The van der Waals surface area contributed by atoms with Gasteiger partial charge in [0.15, 0.2) is 5.82 Å². The Morgan fingerprint density at radius 2 is 1.89 bits per heavy atom. The van der Waals surface area contributed by atoms with E-state index >= 15 is 0 Å². The number of carbonyl (C=O) groups is 1. The zero-order valence-electron chi connectivity index (χ0n) is 10.8. The van der Waals surface area contributed by atoms with E-state index in [4.69, 9.17) is 5.84 Å². The molecule has 0 fully saturated rings. The van der Waals surface area contributed by atoms with E-state index in [9.17, 15) is 4.79 Å². The lowest BCUT2D eigenvalue weighted by atomic mass is 10.1. The lowest BCUT2D eigenvalue weighted by Gasteiger charge is -2.11. The number of rotatable bonds is 3. The number of carbonyl (C=O) groups excluding carboxylic acids is 1. The van der Waals surface area contributed by atoms with E-state index in [0.29, 0.717) is 5.82 Å². The number of nitrogen functional groups attached to an aromatic ring is 1. The summed E-state index contributed by atoms with van der Waals surface area (Å²) in [5.74, 6) is 5.26. The maximum atomic E-state index is 12.1. The third kappa shape index (κ3) is 2.86. The summed E-state index contributed by atoms with van der Waals surface area (Å²) in [6.07, 6.45) is 2.83. The summed E-state index contributed by atoms with van der Waals surface area (Å²) in [6, 6.07) is 5.82. The Balaban J connectivity index is 2.25. The van der Waals surface area contributed by atoms with Crippen molar-refractivity contribution in [2.75, 3.05) is 10.7 Å². The average Bonchev–Trinajstić information content (AvgIpc) is 2.43. The lowest BCUT2D eigenvalue weighted by Crippen LogP contribution is -2.17. The predicted octanol–water partition coefficient (Wildman–Crippen LogP) is 1.63. The number of aromatic nitrogens is 2. The number of para-hydroxylation sites is 1. The first-order valence-corrected chi connectivity index (χ1v) is 5.78. The van der Waals surface area contributed by atoms with Crippen LogP contribution in [0.5, 0.6) is 0 Å². The molecule has 0 aliphatic heterocycles. The van der Waals surface area contributed by atoms with Crippen molar-refractivity contribution in [3.8, 4) is 0 Å². The molecule has 0 atom stereocenters. The Bertz CT molecular complexity index is 591. The molecule has 98 valence electrons. The van der Waals surface area contributed by atoms with E-state index in [2.05, 4.69) is 20.7 Å². The number of hydrogen-bond acceptors (Lipinski definition) is 5. The summed E-state index contributed by atoms with van der Waals surface area (Å²) >= 11 is 0. The number of amides is 1. The number of nitrogens with one attached hydrogen (secondary N) is 2. The normalized spacial score (nSPS) is 10.1. The molecule has 0 spiro atoms. The van der Waals surface area contributed by atoms with E-state index in [0.717, 1.165) is 16.8 Å². The smallest absolute Gasteiger partial charge is 0.275 e. The largest absolute Gasteiger partial charge is 0.320 e. The van der Waals surface area contributed by atoms with Crippen molar-refractivity contribution in [1.82, 2.24) is 9.97 Å². The van der Waals surface area contributed by atoms with Crippen LogP contribution in [0.4, 0.5) is 11.5 Å². The fourth-order valence-corrected chi connectivity index (χ4v) is 1.73. The quantitative estimate of drug-likeness (QED) is 0.574. The standard InChI is InChI=1S/C13H15N5O/c1-8-4-3-5-9(2)12(8)17-13(19)10-6-15-7-11(16-10)18-14/h3-7H,14H2,1-2H3,(H,16,18)(H,17,19).